The van der Waals surface area contributed by atoms with Crippen molar-refractivity contribution in [3.63, 3.8) is 0 Å². The third-order valence-corrected chi connectivity index (χ3v) is 6.48. The number of carbonyl (C=O) groups is 2. The molecule has 0 radical (unpaired) electrons. The maximum Gasteiger partial charge on any atom is 0.286 e. The van der Waals surface area contributed by atoms with Crippen LogP contribution in [0.3, 0.4) is 0 Å². The summed E-state index contributed by atoms with van der Waals surface area (Å²) in [4.78, 5) is 26.9. The van der Waals surface area contributed by atoms with Gasteiger partial charge in [0.05, 0.1) is 12.1 Å². The lowest BCUT2D eigenvalue weighted by atomic mass is 9.97. The Morgan fingerprint density at radius 1 is 1.13 bits per heavy atom. The number of hydrogen-bond donors (Lipinski definition) is 1. The van der Waals surface area contributed by atoms with Gasteiger partial charge in [-0.15, -0.1) is 10.2 Å². The van der Waals surface area contributed by atoms with Crippen LogP contribution in [0.1, 0.15) is 44.7 Å². The number of hydrogen-bond acceptors (Lipinski definition) is 5. The molecule has 2 heterocycles. The van der Waals surface area contributed by atoms with Crippen LogP contribution >= 0.6 is 11.3 Å². The van der Waals surface area contributed by atoms with E-state index in [0.717, 1.165) is 29.0 Å². The summed E-state index contributed by atoms with van der Waals surface area (Å²) in [7, 11) is 0. The van der Waals surface area contributed by atoms with Crippen molar-refractivity contribution in [1.29, 1.82) is 0 Å². The fourth-order valence-electron chi connectivity index (χ4n) is 3.71. The Morgan fingerprint density at radius 2 is 1.90 bits per heavy atom. The van der Waals surface area contributed by atoms with Crippen molar-refractivity contribution in [3.05, 3.63) is 75.5 Å². The molecule has 0 aliphatic carbocycles. The van der Waals surface area contributed by atoms with Crippen LogP contribution in [0.4, 0.5) is 10.1 Å². The van der Waals surface area contributed by atoms with Crippen molar-refractivity contribution in [2.45, 2.75) is 32.1 Å². The molecule has 1 N–H and O–H groups in total. The molecule has 8 heteroatoms. The summed E-state index contributed by atoms with van der Waals surface area (Å²) in [6.07, 6.45) is 1.97. The van der Waals surface area contributed by atoms with Crippen molar-refractivity contribution in [2.24, 2.45) is 0 Å². The van der Waals surface area contributed by atoms with Crippen LogP contribution in [-0.4, -0.2) is 40.0 Å². The van der Waals surface area contributed by atoms with Gasteiger partial charge in [-0.2, -0.15) is 0 Å². The number of benzene rings is 2. The molecule has 1 fully saturated rings. The van der Waals surface area contributed by atoms with E-state index in [9.17, 15) is 14.0 Å². The highest BCUT2D eigenvalue weighted by molar-refractivity contribution is 7.13. The Morgan fingerprint density at radius 3 is 2.65 bits per heavy atom. The minimum Gasteiger partial charge on any atom is -0.342 e. The first-order valence-corrected chi connectivity index (χ1v) is 11.0. The van der Waals surface area contributed by atoms with Gasteiger partial charge in [0.25, 0.3) is 5.91 Å². The molecular weight excluding hydrogens is 415 g/mol. The maximum atomic E-state index is 13.7. The zero-order valence-corrected chi connectivity index (χ0v) is 18.0. The highest BCUT2D eigenvalue weighted by Gasteiger charge is 2.27. The van der Waals surface area contributed by atoms with E-state index in [2.05, 4.69) is 15.5 Å². The summed E-state index contributed by atoms with van der Waals surface area (Å²) in [6, 6.07) is 14.0. The number of aromatic nitrogens is 2. The predicted octanol–water partition coefficient (Wildman–Crippen LogP) is 4.19. The van der Waals surface area contributed by atoms with Crippen LogP contribution in [0.5, 0.6) is 0 Å². The minimum atomic E-state index is -0.497. The number of anilines is 1. The first-order valence-electron chi connectivity index (χ1n) is 10.2. The van der Waals surface area contributed by atoms with E-state index < -0.39 is 11.7 Å². The summed E-state index contributed by atoms with van der Waals surface area (Å²) in [5, 5.41) is 11.7. The minimum absolute atomic E-state index is 0.115. The average Bonchev–Trinajstić information content (AvgIpc) is 3.26. The third-order valence-electron chi connectivity index (χ3n) is 5.39. The number of rotatable bonds is 5. The third kappa shape index (κ3) is 5.14. The standard InChI is InChI=1S/C23H23FN4O2S/c1-15-5-4-6-16(13-15)14-20(29)28-11-9-17(10-12-28)22-26-27-23(31-22)21(30)25-19-8-3-2-7-18(19)24/h2-8,13,17H,9-12,14H2,1H3,(H,25,30). The van der Waals surface area contributed by atoms with Gasteiger partial charge in [-0.1, -0.05) is 53.3 Å². The number of aryl methyl sites for hydroxylation is 1. The zero-order valence-electron chi connectivity index (χ0n) is 17.2. The number of nitrogens with zero attached hydrogens (tertiary/aromatic N) is 3. The van der Waals surface area contributed by atoms with Gasteiger partial charge < -0.3 is 10.2 Å². The van der Waals surface area contributed by atoms with E-state index in [4.69, 9.17) is 0 Å². The zero-order chi connectivity index (χ0) is 21.8. The number of piperidine rings is 1. The van der Waals surface area contributed by atoms with Gasteiger partial charge in [0, 0.05) is 19.0 Å². The van der Waals surface area contributed by atoms with Crippen molar-refractivity contribution in [2.75, 3.05) is 18.4 Å². The Hall–Kier alpha value is -3.13. The predicted molar refractivity (Wildman–Crippen MR) is 118 cm³/mol. The lowest BCUT2D eigenvalue weighted by molar-refractivity contribution is -0.131. The monoisotopic (exact) mass is 438 g/mol. The molecule has 0 spiro atoms. The van der Waals surface area contributed by atoms with Gasteiger partial charge in [0.1, 0.15) is 10.8 Å². The Balaban J connectivity index is 1.32. The molecule has 1 saturated heterocycles. The molecule has 0 bridgehead atoms. The van der Waals surface area contributed by atoms with Crippen LogP contribution < -0.4 is 5.32 Å². The molecule has 0 atom stereocenters. The number of para-hydroxylation sites is 1. The summed E-state index contributed by atoms with van der Waals surface area (Å²) < 4.78 is 13.7. The quantitative estimate of drug-likeness (QED) is 0.648. The number of amides is 2. The first kappa shape index (κ1) is 21.1. The van der Waals surface area contributed by atoms with Crippen molar-refractivity contribution >= 4 is 28.8 Å². The van der Waals surface area contributed by atoms with Crippen LogP contribution in [0.2, 0.25) is 0 Å². The Labute approximate surface area is 184 Å². The molecule has 6 nitrogen and oxygen atoms in total. The Bertz CT molecular complexity index is 1090. The number of carbonyl (C=O) groups excluding carboxylic acids is 2. The SMILES string of the molecule is Cc1cccc(CC(=O)N2CCC(c3nnc(C(=O)Nc4ccccc4F)s3)CC2)c1. The number of halogens is 1. The average molecular weight is 439 g/mol. The molecule has 31 heavy (non-hydrogen) atoms. The second-order valence-electron chi connectivity index (χ2n) is 7.70. The largest absolute Gasteiger partial charge is 0.342 e. The van der Waals surface area contributed by atoms with E-state index in [-0.39, 0.29) is 22.5 Å². The van der Waals surface area contributed by atoms with Gasteiger partial charge >= 0.3 is 0 Å². The van der Waals surface area contributed by atoms with Crippen molar-refractivity contribution < 1.29 is 14.0 Å². The van der Waals surface area contributed by atoms with Gasteiger partial charge in [-0.3, -0.25) is 9.59 Å². The second-order valence-corrected chi connectivity index (χ2v) is 8.71. The smallest absolute Gasteiger partial charge is 0.286 e. The van der Waals surface area contributed by atoms with Gasteiger partial charge in [-0.25, -0.2) is 4.39 Å². The summed E-state index contributed by atoms with van der Waals surface area (Å²) in [6.45, 7) is 3.34. The number of likely N-dealkylation sites (tertiary alicyclic amines) is 1. The molecule has 0 saturated carbocycles. The Kier molecular flexibility index (Phi) is 6.36. The van der Waals surface area contributed by atoms with Crippen molar-refractivity contribution in [3.8, 4) is 0 Å². The topological polar surface area (TPSA) is 75.2 Å². The maximum absolute atomic E-state index is 13.7. The van der Waals surface area contributed by atoms with Crippen LogP contribution in [0.15, 0.2) is 48.5 Å². The molecule has 1 aliphatic rings. The fourth-order valence-corrected chi connectivity index (χ4v) is 4.62. The summed E-state index contributed by atoms with van der Waals surface area (Å²) in [5.74, 6) is -0.676. The van der Waals surface area contributed by atoms with Crippen LogP contribution in [-0.2, 0) is 11.2 Å². The molecule has 3 aromatic rings. The molecule has 1 aromatic heterocycles. The van der Waals surface area contributed by atoms with Crippen LogP contribution in [0.25, 0.3) is 0 Å². The highest BCUT2D eigenvalue weighted by Crippen LogP contribution is 2.30. The van der Waals surface area contributed by atoms with Gasteiger partial charge in [0.15, 0.2) is 0 Å². The lowest BCUT2D eigenvalue weighted by Crippen LogP contribution is -2.38. The molecule has 160 valence electrons. The van der Waals surface area contributed by atoms with Crippen molar-refractivity contribution in [1.82, 2.24) is 15.1 Å². The molecule has 0 unspecified atom stereocenters. The normalized spacial score (nSPS) is 14.5. The van der Waals surface area contributed by atoms with Crippen LogP contribution in [0, 0.1) is 12.7 Å². The first-order chi connectivity index (χ1) is 15.0. The fraction of sp³-hybridized carbons (Fsp3) is 0.304. The van der Waals surface area contributed by atoms with Gasteiger partial charge in [-0.05, 0) is 37.5 Å². The lowest BCUT2D eigenvalue weighted by Gasteiger charge is -2.31. The molecule has 4 rings (SSSR count). The highest BCUT2D eigenvalue weighted by atomic mass is 32.1. The summed E-state index contributed by atoms with van der Waals surface area (Å²) in [5.41, 5.74) is 2.29. The van der Waals surface area contributed by atoms with E-state index in [1.54, 1.807) is 12.1 Å². The summed E-state index contributed by atoms with van der Waals surface area (Å²) >= 11 is 1.23. The molecule has 2 aromatic carbocycles. The molecule has 2 amide bonds. The van der Waals surface area contributed by atoms with E-state index >= 15 is 0 Å². The van der Waals surface area contributed by atoms with Gasteiger partial charge in [0.2, 0.25) is 10.9 Å². The van der Waals surface area contributed by atoms with E-state index in [0.29, 0.717) is 19.5 Å². The number of nitrogens with one attached hydrogen (secondary N) is 1. The van der Waals surface area contributed by atoms with E-state index in [1.807, 2.05) is 36.1 Å². The van der Waals surface area contributed by atoms with E-state index in [1.165, 1.54) is 23.5 Å². The molecular formula is C23H23FN4O2S. The second kappa shape index (κ2) is 9.34. The molecule has 1 aliphatic heterocycles.